The third-order valence-electron chi connectivity index (χ3n) is 4.06. The van der Waals surface area contributed by atoms with Crippen molar-refractivity contribution in [2.75, 3.05) is 0 Å². The number of aromatic hydroxyl groups is 1. The molecule has 0 amide bonds. The topological polar surface area (TPSA) is 109 Å². The van der Waals surface area contributed by atoms with E-state index >= 15 is 0 Å². The number of phenols is 1. The Morgan fingerprint density at radius 2 is 1.93 bits per heavy atom. The number of carbonyl (C=O) groups is 2. The number of aromatic nitrogens is 1. The summed E-state index contributed by atoms with van der Waals surface area (Å²) in [4.78, 5) is 31.8. The fraction of sp³-hybridized carbons (Fsp3) is 0.0909. The Balaban J connectivity index is 1.75. The standard InChI is InChI=1S/C22H17ClN2O5/c23-17-8-15(9-19(11-17)30-22(29)16-2-1-7-24-13-16)12-25-20(21(27)28)10-14-3-5-18(26)6-4-14/h1-9,11-13,20,26H,10H2,(H,27,28). The molecule has 0 aliphatic heterocycles. The number of aliphatic imine (C=N–C) groups is 1. The zero-order valence-corrected chi connectivity index (χ0v) is 16.4. The number of rotatable bonds is 7. The lowest BCUT2D eigenvalue weighted by Crippen LogP contribution is -2.20. The molecule has 2 aromatic carbocycles. The van der Waals surface area contributed by atoms with Crippen LogP contribution in [-0.4, -0.2) is 39.4 Å². The lowest BCUT2D eigenvalue weighted by atomic mass is 10.1. The number of hydrogen-bond acceptors (Lipinski definition) is 6. The second-order valence-corrected chi connectivity index (χ2v) is 6.79. The summed E-state index contributed by atoms with van der Waals surface area (Å²) in [6, 6.07) is 13.0. The molecule has 1 unspecified atom stereocenters. The lowest BCUT2D eigenvalue weighted by Gasteiger charge is -2.09. The Kier molecular flexibility index (Phi) is 6.77. The van der Waals surface area contributed by atoms with Gasteiger partial charge in [-0.05, 0) is 53.6 Å². The minimum Gasteiger partial charge on any atom is -0.508 e. The average molecular weight is 425 g/mol. The van der Waals surface area contributed by atoms with Crippen LogP contribution in [0.1, 0.15) is 21.5 Å². The Bertz CT molecular complexity index is 1070. The van der Waals surface area contributed by atoms with Gasteiger partial charge in [-0.1, -0.05) is 23.7 Å². The van der Waals surface area contributed by atoms with E-state index in [0.717, 1.165) is 5.56 Å². The summed E-state index contributed by atoms with van der Waals surface area (Å²) < 4.78 is 5.32. The highest BCUT2D eigenvalue weighted by Gasteiger charge is 2.16. The third-order valence-corrected chi connectivity index (χ3v) is 4.27. The first-order chi connectivity index (χ1) is 14.4. The molecule has 30 heavy (non-hydrogen) atoms. The molecule has 0 saturated carbocycles. The average Bonchev–Trinajstić information content (AvgIpc) is 2.72. The van der Waals surface area contributed by atoms with E-state index in [2.05, 4.69) is 9.98 Å². The quantitative estimate of drug-likeness (QED) is 0.339. The van der Waals surface area contributed by atoms with Crippen molar-refractivity contribution in [2.24, 2.45) is 4.99 Å². The summed E-state index contributed by atoms with van der Waals surface area (Å²) >= 11 is 6.10. The minimum absolute atomic E-state index is 0.0985. The Labute approximate surface area is 177 Å². The van der Waals surface area contributed by atoms with Gasteiger partial charge in [0.25, 0.3) is 0 Å². The van der Waals surface area contributed by atoms with Crippen molar-refractivity contribution in [3.63, 3.8) is 0 Å². The van der Waals surface area contributed by atoms with Gasteiger partial charge in [0.15, 0.2) is 6.04 Å². The van der Waals surface area contributed by atoms with Gasteiger partial charge < -0.3 is 14.9 Å². The number of esters is 1. The van der Waals surface area contributed by atoms with Gasteiger partial charge in [0.05, 0.1) is 5.56 Å². The van der Waals surface area contributed by atoms with Gasteiger partial charge in [-0.2, -0.15) is 0 Å². The first-order valence-electron chi connectivity index (χ1n) is 8.87. The predicted octanol–water partition coefficient (Wildman–Crippen LogP) is 3.77. The van der Waals surface area contributed by atoms with Gasteiger partial charge in [-0.15, -0.1) is 0 Å². The van der Waals surface area contributed by atoms with E-state index in [1.54, 1.807) is 36.5 Å². The van der Waals surface area contributed by atoms with E-state index in [1.807, 2.05) is 0 Å². The van der Waals surface area contributed by atoms with Crippen LogP contribution in [0.2, 0.25) is 5.02 Å². The van der Waals surface area contributed by atoms with Gasteiger partial charge in [-0.25, -0.2) is 9.59 Å². The molecule has 0 saturated heterocycles. The monoisotopic (exact) mass is 424 g/mol. The molecule has 152 valence electrons. The molecule has 8 heteroatoms. The van der Waals surface area contributed by atoms with Crippen molar-refractivity contribution in [1.82, 2.24) is 4.98 Å². The number of hydrogen-bond donors (Lipinski definition) is 2. The minimum atomic E-state index is -1.09. The SMILES string of the molecule is O=C(Oc1cc(Cl)cc(C=NC(Cc2ccc(O)cc2)C(=O)O)c1)c1cccnc1. The van der Waals surface area contributed by atoms with Crippen LogP contribution < -0.4 is 4.74 Å². The zero-order valence-electron chi connectivity index (χ0n) is 15.6. The summed E-state index contributed by atoms with van der Waals surface area (Å²) in [5.74, 6) is -1.39. The molecular formula is C22H17ClN2O5. The van der Waals surface area contributed by atoms with Crippen molar-refractivity contribution >= 4 is 29.8 Å². The number of halogens is 1. The molecule has 1 aromatic heterocycles. The van der Waals surface area contributed by atoms with Crippen LogP contribution in [0.3, 0.4) is 0 Å². The first-order valence-corrected chi connectivity index (χ1v) is 9.25. The number of pyridine rings is 1. The first kappa shape index (κ1) is 21.0. The molecule has 1 atom stereocenters. The molecule has 0 bridgehead atoms. The van der Waals surface area contributed by atoms with Crippen LogP contribution in [0, 0.1) is 0 Å². The van der Waals surface area contributed by atoms with Crippen LogP contribution in [0.4, 0.5) is 0 Å². The van der Waals surface area contributed by atoms with Crippen molar-refractivity contribution in [2.45, 2.75) is 12.5 Å². The number of carboxylic acids is 1. The fourth-order valence-corrected chi connectivity index (χ4v) is 2.84. The van der Waals surface area contributed by atoms with E-state index in [-0.39, 0.29) is 23.5 Å². The molecule has 2 N–H and O–H groups in total. The molecule has 0 spiro atoms. The van der Waals surface area contributed by atoms with Gasteiger partial charge >= 0.3 is 11.9 Å². The number of benzene rings is 2. The van der Waals surface area contributed by atoms with E-state index in [9.17, 15) is 19.8 Å². The third kappa shape index (κ3) is 5.89. The summed E-state index contributed by atoms with van der Waals surface area (Å²) in [7, 11) is 0. The van der Waals surface area contributed by atoms with Crippen LogP contribution in [0.15, 0.2) is 72.0 Å². The summed E-state index contributed by atoms with van der Waals surface area (Å²) in [6.07, 6.45) is 4.44. The van der Waals surface area contributed by atoms with Gasteiger partial charge in [0.1, 0.15) is 11.5 Å². The molecule has 0 aliphatic rings. The number of carbonyl (C=O) groups excluding carboxylic acids is 1. The van der Waals surface area contributed by atoms with E-state index in [0.29, 0.717) is 10.6 Å². The summed E-state index contributed by atoms with van der Waals surface area (Å²) in [5.41, 5.74) is 1.48. The van der Waals surface area contributed by atoms with E-state index in [4.69, 9.17) is 16.3 Å². The van der Waals surface area contributed by atoms with Crippen molar-refractivity contribution in [3.05, 3.63) is 88.7 Å². The van der Waals surface area contributed by atoms with Crippen LogP contribution in [-0.2, 0) is 11.2 Å². The van der Waals surface area contributed by atoms with E-state index in [1.165, 1.54) is 36.7 Å². The lowest BCUT2D eigenvalue weighted by molar-refractivity contribution is -0.138. The van der Waals surface area contributed by atoms with Crippen molar-refractivity contribution < 1.29 is 24.5 Å². The number of aliphatic carboxylic acids is 1. The molecule has 3 aromatic rings. The highest BCUT2D eigenvalue weighted by Crippen LogP contribution is 2.21. The molecule has 1 heterocycles. The number of carboxylic acid groups (broad SMARTS) is 1. The smallest absolute Gasteiger partial charge is 0.345 e. The van der Waals surface area contributed by atoms with Gasteiger partial charge in [0, 0.05) is 30.1 Å². The van der Waals surface area contributed by atoms with Crippen LogP contribution >= 0.6 is 11.6 Å². The fourth-order valence-electron chi connectivity index (χ4n) is 2.60. The van der Waals surface area contributed by atoms with Crippen molar-refractivity contribution in [1.29, 1.82) is 0 Å². The Morgan fingerprint density at radius 3 is 2.60 bits per heavy atom. The van der Waals surface area contributed by atoms with E-state index < -0.39 is 18.0 Å². The number of phenolic OH excluding ortho intramolecular Hbond substituents is 1. The normalized spacial score (nSPS) is 11.9. The van der Waals surface area contributed by atoms with Gasteiger partial charge in [0.2, 0.25) is 0 Å². The summed E-state index contributed by atoms with van der Waals surface area (Å²) in [5, 5.41) is 19.1. The van der Waals surface area contributed by atoms with Crippen molar-refractivity contribution in [3.8, 4) is 11.5 Å². The van der Waals surface area contributed by atoms with Crippen LogP contribution in [0.25, 0.3) is 0 Å². The number of ether oxygens (including phenoxy) is 1. The second-order valence-electron chi connectivity index (χ2n) is 6.35. The molecule has 3 rings (SSSR count). The largest absolute Gasteiger partial charge is 0.508 e. The molecular weight excluding hydrogens is 408 g/mol. The second kappa shape index (κ2) is 9.67. The van der Waals surface area contributed by atoms with Gasteiger partial charge in [-0.3, -0.25) is 9.98 Å². The molecule has 0 fully saturated rings. The zero-order chi connectivity index (χ0) is 21.5. The maximum absolute atomic E-state index is 12.2. The summed E-state index contributed by atoms with van der Waals surface area (Å²) in [6.45, 7) is 0. The Hall–Kier alpha value is -3.71. The number of nitrogens with zero attached hydrogens (tertiary/aromatic N) is 2. The molecule has 7 nitrogen and oxygen atoms in total. The molecule has 0 aliphatic carbocycles. The highest BCUT2D eigenvalue weighted by atomic mass is 35.5. The maximum Gasteiger partial charge on any atom is 0.345 e. The highest BCUT2D eigenvalue weighted by molar-refractivity contribution is 6.31. The Morgan fingerprint density at radius 1 is 1.17 bits per heavy atom. The molecule has 0 radical (unpaired) electrons. The maximum atomic E-state index is 12.2. The van der Waals surface area contributed by atoms with Crippen LogP contribution in [0.5, 0.6) is 11.5 Å². The predicted molar refractivity (Wildman–Crippen MR) is 111 cm³/mol.